The van der Waals surface area contributed by atoms with Crippen molar-refractivity contribution in [3.63, 3.8) is 0 Å². The average molecular weight is 447 g/mol. The van der Waals surface area contributed by atoms with E-state index >= 15 is 0 Å². The minimum Gasteiger partial charge on any atom is -0.493 e. The van der Waals surface area contributed by atoms with Gasteiger partial charge < -0.3 is 14.8 Å². The molecule has 1 N–H and O–H groups in total. The van der Waals surface area contributed by atoms with Crippen LogP contribution < -0.4 is 14.8 Å². The second-order valence-electron chi connectivity index (χ2n) is 6.14. The molecule has 6 nitrogen and oxygen atoms in total. The summed E-state index contributed by atoms with van der Waals surface area (Å²) in [6.45, 7) is 0.335. The maximum absolute atomic E-state index is 14.2. The summed E-state index contributed by atoms with van der Waals surface area (Å²) in [5.74, 6) is 1.00. The molecule has 154 valence electrons. The number of hydrogen-bond donors (Lipinski definition) is 1. The molecule has 2 aromatic carbocycles. The number of ether oxygens (including phenoxy) is 2. The van der Waals surface area contributed by atoms with Crippen molar-refractivity contribution in [2.24, 2.45) is 0 Å². The Morgan fingerprint density at radius 2 is 1.97 bits per heavy atom. The lowest BCUT2D eigenvalue weighted by molar-refractivity contribution is 0.284. The third-order valence-electron chi connectivity index (χ3n) is 4.22. The highest BCUT2D eigenvalue weighted by Crippen LogP contribution is 2.35. The van der Waals surface area contributed by atoms with E-state index in [2.05, 4.69) is 20.3 Å². The molecule has 4 rings (SSSR count). The second-order valence-corrected chi connectivity index (χ2v) is 6.58. The van der Waals surface area contributed by atoms with Gasteiger partial charge in [0.15, 0.2) is 11.5 Å². The van der Waals surface area contributed by atoms with Crippen LogP contribution in [-0.4, -0.2) is 22.1 Å². The molecule has 0 saturated carbocycles. The van der Waals surface area contributed by atoms with Gasteiger partial charge in [-0.1, -0.05) is 17.7 Å². The molecule has 0 aliphatic rings. The molecule has 0 fully saturated rings. The van der Waals surface area contributed by atoms with E-state index in [4.69, 9.17) is 21.1 Å². The van der Waals surface area contributed by atoms with E-state index in [1.165, 1.54) is 12.4 Å². The van der Waals surface area contributed by atoms with Crippen LogP contribution in [0.25, 0.3) is 10.9 Å². The topological polar surface area (TPSA) is 69.2 Å². The molecule has 4 aromatic rings. The van der Waals surface area contributed by atoms with Crippen LogP contribution in [0.3, 0.4) is 0 Å². The number of hydrogen-bond acceptors (Lipinski definition) is 6. The van der Waals surface area contributed by atoms with Crippen LogP contribution >= 0.6 is 24.0 Å². The number of nitrogens with one attached hydrogen (secondary N) is 1. The first kappa shape index (κ1) is 21.5. The Kier molecular flexibility index (Phi) is 6.87. The van der Waals surface area contributed by atoms with Crippen molar-refractivity contribution in [2.45, 2.75) is 6.61 Å². The number of aromatic nitrogens is 3. The van der Waals surface area contributed by atoms with Crippen LogP contribution in [0, 0.1) is 5.82 Å². The molecule has 0 amide bonds. The van der Waals surface area contributed by atoms with Crippen LogP contribution in [0.4, 0.5) is 15.9 Å². The summed E-state index contributed by atoms with van der Waals surface area (Å²) in [4.78, 5) is 12.6. The molecule has 0 bridgehead atoms. The highest BCUT2D eigenvalue weighted by atomic mass is 35.5. The van der Waals surface area contributed by atoms with Crippen molar-refractivity contribution in [1.29, 1.82) is 0 Å². The highest BCUT2D eigenvalue weighted by molar-refractivity contribution is 6.30. The summed E-state index contributed by atoms with van der Waals surface area (Å²) >= 11 is 5.82. The number of halogens is 3. The lowest BCUT2D eigenvalue weighted by Gasteiger charge is -2.14. The van der Waals surface area contributed by atoms with Crippen molar-refractivity contribution >= 4 is 46.4 Å². The first-order valence-electron chi connectivity index (χ1n) is 8.70. The molecule has 0 atom stereocenters. The fraction of sp³-hybridized carbons (Fsp3) is 0.0952. The Bertz CT molecular complexity index is 1160. The van der Waals surface area contributed by atoms with Crippen molar-refractivity contribution in [3.05, 3.63) is 77.6 Å². The van der Waals surface area contributed by atoms with Crippen molar-refractivity contribution < 1.29 is 13.9 Å². The van der Waals surface area contributed by atoms with E-state index in [-0.39, 0.29) is 18.1 Å². The number of nitrogens with zero attached hydrogens (tertiary/aromatic N) is 3. The van der Waals surface area contributed by atoms with Crippen LogP contribution in [0.5, 0.6) is 11.5 Å². The van der Waals surface area contributed by atoms with Gasteiger partial charge in [0.05, 0.1) is 18.3 Å². The molecule has 0 aliphatic heterocycles. The lowest BCUT2D eigenvalue weighted by Crippen LogP contribution is -2.01. The van der Waals surface area contributed by atoms with E-state index in [1.807, 2.05) is 12.1 Å². The first-order chi connectivity index (χ1) is 14.1. The van der Waals surface area contributed by atoms with Gasteiger partial charge in [0.25, 0.3) is 0 Å². The first-order valence-corrected chi connectivity index (χ1v) is 9.08. The zero-order valence-corrected chi connectivity index (χ0v) is 17.4. The molecule has 0 aliphatic carbocycles. The molecule has 0 radical (unpaired) electrons. The summed E-state index contributed by atoms with van der Waals surface area (Å²) in [6.07, 6.45) is 4.84. The predicted molar refractivity (Wildman–Crippen MR) is 117 cm³/mol. The van der Waals surface area contributed by atoms with Gasteiger partial charge in [-0.25, -0.2) is 14.4 Å². The largest absolute Gasteiger partial charge is 0.493 e. The van der Waals surface area contributed by atoms with Gasteiger partial charge in [0.2, 0.25) is 0 Å². The van der Waals surface area contributed by atoms with E-state index in [9.17, 15) is 4.39 Å². The summed E-state index contributed by atoms with van der Waals surface area (Å²) < 4.78 is 25.5. The number of fused-ring (bicyclic) bond motifs is 1. The SMILES string of the molecule is COc1cc2c(Nc3ccc(Cl)cc3F)ncnc2cc1OCc1cccnc1.Cl. The van der Waals surface area contributed by atoms with E-state index in [1.54, 1.807) is 43.8 Å². The van der Waals surface area contributed by atoms with Crippen molar-refractivity contribution in [3.8, 4) is 11.5 Å². The maximum atomic E-state index is 14.2. The average Bonchev–Trinajstić information content (AvgIpc) is 2.74. The van der Waals surface area contributed by atoms with Crippen molar-refractivity contribution in [2.75, 3.05) is 12.4 Å². The normalized spacial score (nSPS) is 10.4. The van der Waals surface area contributed by atoms with Crippen LogP contribution in [0.2, 0.25) is 5.02 Å². The van der Waals surface area contributed by atoms with Gasteiger partial charge in [0.1, 0.15) is 24.6 Å². The van der Waals surface area contributed by atoms with Gasteiger partial charge >= 0.3 is 0 Å². The quantitative estimate of drug-likeness (QED) is 0.417. The molecule has 9 heteroatoms. The minimum atomic E-state index is -0.479. The van der Waals surface area contributed by atoms with Crippen LogP contribution in [0.1, 0.15) is 5.56 Å². The summed E-state index contributed by atoms with van der Waals surface area (Å²) in [7, 11) is 1.55. The number of pyridine rings is 1. The standard InChI is InChI=1S/C21H16ClFN4O2.ClH/c1-28-19-8-15-18(9-20(19)29-11-13-3-2-6-24-10-13)25-12-26-21(15)27-17-5-4-14(22)7-16(17)23;/h2-10,12H,11H2,1H3,(H,25,26,27);1H. The fourth-order valence-corrected chi connectivity index (χ4v) is 2.96. The summed E-state index contributed by atoms with van der Waals surface area (Å²) in [5, 5.41) is 3.96. The lowest BCUT2D eigenvalue weighted by atomic mass is 10.2. The fourth-order valence-electron chi connectivity index (χ4n) is 2.80. The smallest absolute Gasteiger partial charge is 0.163 e. The summed E-state index contributed by atoms with van der Waals surface area (Å²) in [5.41, 5.74) is 1.81. The Labute approximate surface area is 183 Å². The summed E-state index contributed by atoms with van der Waals surface area (Å²) in [6, 6.07) is 11.7. The van der Waals surface area contributed by atoms with Crippen LogP contribution in [0.15, 0.2) is 61.2 Å². The van der Waals surface area contributed by atoms with E-state index in [0.717, 1.165) is 5.56 Å². The minimum absolute atomic E-state index is 0. The van der Waals surface area contributed by atoms with Gasteiger partial charge in [-0.05, 0) is 30.3 Å². The van der Waals surface area contributed by atoms with Gasteiger partial charge in [-0.15, -0.1) is 12.4 Å². The van der Waals surface area contributed by atoms with E-state index in [0.29, 0.717) is 39.8 Å². The van der Waals surface area contributed by atoms with E-state index < -0.39 is 5.82 Å². The Hall–Kier alpha value is -3.16. The monoisotopic (exact) mass is 446 g/mol. The molecule has 2 heterocycles. The maximum Gasteiger partial charge on any atom is 0.163 e. The number of anilines is 2. The second kappa shape index (κ2) is 9.56. The molecular weight excluding hydrogens is 430 g/mol. The zero-order chi connectivity index (χ0) is 20.2. The molecular formula is C21H17Cl2FN4O2. The molecule has 0 spiro atoms. The Morgan fingerprint density at radius 1 is 1.10 bits per heavy atom. The highest BCUT2D eigenvalue weighted by Gasteiger charge is 2.13. The van der Waals surface area contributed by atoms with Gasteiger partial charge in [0, 0.05) is 34.4 Å². The Morgan fingerprint density at radius 3 is 2.70 bits per heavy atom. The number of methoxy groups -OCH3 is 1. The van der Waals surface area contributed by atoms with Gasteiger partial charge in [-0.2, -0.15) is 0 Å². The number of rotatable bonds is 6. The molecule has 0 saturated heterocycles. The third-order valence-corrected chi connectivity index (χ3v) is 4.46. The molecule has 30 heavy (non-hydrogen) atoms. The zero-order valence-electron chi connectivity index (χ0n) is 15.8. The predicted octanol–water partition coefficient (Wildman–Crippen LogP) is 5.57. The molecule has 0 unspecified atom stereocenters. The van der Waals surface area contributed by atoms with Crippen LogP contribution in [-0.2, 0) is 6.61 Å². The van der Waals surface area contributed by atoms with Gasteiger partial charge in [-0.3, -0.25) is 4.98 Å². The van der Waals surface area contributed by atoms with Crippen molar-refractivity contribution in [1.82, 2.24) is 15.0 Å². The third kappa shape index (κ3) is 4.69. The molecule has 2 aromatic heterocycles. The number of benzene rings is 2. The Balaban J connectivity index is 0.00000256.